The zero-order valence-electron chi connectivity index (χ0n) is 12.1. The van der Waals surface area contributed by atoms with E-state index in [0.717, 1.165) is 18.1 Å². The average Bonchev–Trinajstić information content (AvgIpc) is 2.86. The minimum Gasteiger partial charge on any atom is -0.326 e. The Morgan fingerprint density at radius 2 is 1.86 bits per heavy atom. The zero-order chi connectivity index (χ0) is 15.7. The number of fused-ring (bicyclic) bond motifs is 1. The zero-order valence-corrected chi connectivity index (χ0v) is 12.1. The van der Waals surface area contributed by atoms with E-state index in [-0.39, 0.29) is 6.04 Å². The smallest absolute Gasteiger partial charge is 0.161 e. The van der Waals surface area contributed by atoms with Crippen molar-refractivity contribution in [1.82, 2.24) is 14.5 Å². The van der Waals surface area contributed by atoms with E-state index in [4.69, 9.17) is 5.73 Å². The maximum atomic E-state index is 13.6. The number of halogens is 2. The third-order valence-electron chi connectivity index (χ3n) is 3.67. The van der Waals surface area contributed by atoms with E-state index in [9.17, 15) is 8.78 Å². The second-order valence-corrected chi connectivity index (χ2v) is 5.21. The predicted octanol–water partition coefficient (Wildman–Crippen LogP) is 3.11. The molecule has 1 atom stereocenters. The maximum absolute atomic E-state index is 13.6. The van der Waals surface area contributed by atoms with Gasteiger partial charge in [-0.05, 0) is 18.6 Å². The summed E-state index contributed by atoms with van der Waals surface area (Å²) in [5, 5.41) is 0. The van der Waals surface area contributed by atoms with E-state index in [2.05, 4.69) is 9.97 Å². The molecule has 2 N–H and O–H groups in total. The van der Waals surface area contributed by atoms with E-state index in [0.29, 0.717) is 23.4 Å². The van der Waals surface area contributed by atoms with Crippen LogP contribution in [0, 0.1) is 11.6 Å². The molecule has 2 heterocycles. The average molecular weight is 302 g/mol. The second kappa shape index (κ2) is 5.81. The topological polar surface area (TPSA) is 56.7 Å². The van der Waals surface area contributed by atoms with Crippen molar-refractivity contribution < 1.29 is 8.78 Å². The van der Waals surface area contributed by atoms with E-state index < -0.39 is 11.6 Å². The molecule has 0 saturated carbocycles. The van der Waals surface area contributed by atoms with Crippen LogP contribution in [0.2, 0.25) is 0 Å². The molecule has 1 aromatic carbocycles. The van der Waals surface area contributed by atoms with Crippen LogP contribution in [-0.2, 0) is 6.54 Å². The van der Waals surface area contributed by atoms with Crippen LogP contribution >= 0.6 is 0 Å². The molecular weight excluding hydrogens is 286 g/mol. The lowest BCUT2D eigenvalue weighted by Crippen LogP contribution is -2.25. The van der Waals surface area contributed by atoms with Crippen molar-refractivity contribution in [3.63, 3.8) is 0 Å². The highest BCUT2D eigenvalue weighted by Gasteiger charge is 2.17. The monoisotopic (exact) mass is 302 g/mol. The minimum absolute atomic E-state index is 0.0916. The van der Waals surface area contributed by atoms with Crippen LogP contribution in [0.25, 0.3) is 22.4 Å². The molecule has 114 valence electrons. The molecule has 0 aliphatic carbocycles. The van der Waals surface area contributed by atoms with Gasteiger partial charge in [-0.15, -0.1) is 0 Å². The number of benzene rings is 1. The van der Waals surface area contributed by atoms with Gasteiger partial charge in [-0.3, -0.25) is 4.98 Å². The van der Waals surface area contributed by atoms with Crippen molar-refractivity contribution in [3.8, 4) is 11.4 Å². The normalized spacial score (nSPS) is 12.7. The molecule has 1 unspecified atom stereocenters. The summed E-state index contributed by atoms with van der Waals surface area (Å²) in [5.74, 6) is -1.16. The van der Waals surface area contributed by atoms with Crippen LogP contribution in [0.15, 0.2) is 36.7 Å². The highest BCUT2D eigenvalue weighted by molar-refractivity contribution is 5.80. The Balaban J connectivity index is 2.23. The summed E-state index contributed by atoms with van der Waals surface area (Å²) in [6.07, 6.45) is 4.08. The maximum Gasteiger partial charge on any atom is 0.161 e. The first-order chi connectivity index (χ1) is 10.6. The number of imidazole rings is 1. The fraction of sp³-hybridized carbons (Fsp3) is 0.250. The van der Waals surface area contributed by atoms with Crippen LogP contribution in [0.3, 0.4) is 0 Å². The van der Waals surface area contributed by atoms with Gasteiger partial charge in [0, 0.05) is 42.7 Å². The number of nitrogens with zero attached hydrogens (tertiary/aromatic N) is 3. The lowest BCUT2D eigenvalue weighted by Gasteiger charge is -2.14. The third-order valence-corrected chi connectivity index (χ3v) is 3.67. The van der Waals surface area contributed by atoms with Crippen molar-refractivity contribution >= 4 is 11.0 Å². The molecule has 4 nitrogen and oxygen atoms in total. The number of hydrogen-bond donors (Lipinski definition) is 1. The highest BCUT2D eigenvalue weighted by Crippen LogP contribution is 2.26. The largest absolute Gasteiger partial charge is 0.326 e. The van der Waals surface area contributed by atoms with Gasteiger partial charge in [-0.25, -0.2) is 13.8 Å². The Bertz CT molecular complexity index is 799. The number of rotatable bonds is 4. The van der Waals surface area contributed by atoms with Gasteiger partial charge in [0.1, 0.15) is 5.82 Å². The second-order valence-electron chi connectivity index (χ2n) is 5.21. The predicted molar refractivity (Wildman–Crippen MR) is 81.1 cm³/mol. The summed E-state index contributed by atoms with van der Waals surface area (Å²) >= 11 is 0. The van der Waals surface area contributed by atoms with E-state index in [1.54, 1.807) is 12.4 Å². The minimum atomic E-state index is -0.904. The SMILES string of the molecule is CCC(N)Cn1c(-c2ccncc2)nc2cc(F)c(F)cc21. The quantitative estimate of drug-likeness (QED) is 0.805. The Kier molecular flexibility index (Phi) is 3.85. The van der Waals surface area contributed by atoms with E-state index in [1.165, 1.54) is 6.07 Å². The van der Waals surface area contributed by atoms with Crippen LogP contribution in [0.1, 0.15) is 13.3 Å². The fourth-order valence-electron chi connectivity index (χ4n) is 2.39. The summed E-state index contributed by atoms with van der Waals surface area (Å²) in [6.45, 7) is 2.46. The lowest BCUT2D eigenvalue weighted by molar-refractivity contribution is 0.509. The van der Waals surface area contributed by atoms with Crippen LogP contribution in [-0.4, -0.2) is 20.6 Å². The highest BCUT2D eigenvalue weighted by atomic mass is 19.2. The molecule has 0 spiro atoms. The molecule has 0 saturated heterocycles. The first-order valence-electron chi connectivity index (χ1n) is 7.11. The standard InChI is InChI=1S/C16H16F2N4/c1-2-11(19)9-22-15-8-13(18)12(17)7-14(15)21-16(22)10-3-5-20-6-4-10/h3-8,11H,2,9,19H2,1H3. The van der Waals surface area contributed by atoms with Crippen molar-refractivity contribution in [2.75, 3.05) is 0 Å². The molecular formula is C16H16F2N4. The van der Waals surface area contributed by atoms with E-state index in [1.807, 2.05) is 23.6 Å². The van der Waals surface area contributed by atoms with Gasteiger partial charge in [0.25, 0.3) is 0 Å². The van der Waals surface area contributed by atoms with Gasteiger partial charge in [-0.1, -0.05) is 6.92 Å². The Hall–Kier alpha value is -2.34. The lowest BCUT2D eigenvalue weighted by atomic mass is 10.2. The van der Waals surface area contributed by atoms with Gasteiger partial charge >= 0.3 is 0 Å². The molecule has 6 heteroatoms. The van der Waals surface area contributed by atoms with Crippen molar-refractivity contribution in [2.24, 2.45) is 5.73 Å². The van der Waals surface area contributed by atoms with Gasteiger partial charge < -0.3 is 10.3 Å². The van der Waals surface area contributed by atoms with Gasteiger partial charge in [0.15, 0.2) is 11.6 Å². The first kappa shape index (κ1) is 14.6. The summed E-state index contributed by atoms with van der Waals surface area (Å²) in [6, 6.07) is 5.81. The van der Waals surface area contributed by atoms with Crippen molar-refractivity contribution in [1.29, 1.82) is 0 Å². The first-order valence-corrected chi connectivity index (χ1v) is 7.11. The van der Waals surface area contributed by atoms with Crippen molar-refractivity contribution in [3.05, 3.63) is 48.3 Å². The van der Waals surface area contributed by atoms with Crippen molar-refractivity contribution in [2.45, 2.75) is 25.9 Å². The number of hydrogen-bond acceptors (Lipinski definition) is 3. The number of nitrogens with two attached hydrogens (primary N) is 1. The fourth-order valence-corrected chi connectivity index (χ4v) is 2.39. The Morgan fingerprint density at radius 3 is 2.55 bits per heavy atom. The molecule has 0 fully saturated rings. The number of aromatic nitrogens is 3. The molecule has 0 aliphatic heterocycles. The van der Waals surface area contributed by atoms with Gasteiger partial charge in [0.05, 0.1) is 11.0 Å². The van der Waals surface area contributed by atoms with Crippen LogP contribution in [0.4, 0.5) is 8.78 Å². The molecule has 3 aromatic rings. The third kappa shape index (κ3) is 2.57. The Morgan fingerprint density at radius 1 is 1.18 bits per heavy atom. The molecule has 0 aliphatic rings. The molecule has 3 rings (SSSR count). The summed E-state index contributed by atoms with van der Waals surface area (Å²) in [4.78, 5) is 8.42. The Labute approximate surface area is 126 Å². The molecule has 2 aromatic heterocycles. The summed E-state index contributed by atoms with van der Waals surface area (Å²) < 4.78 is 28.9. The van der Waals surface area contributed by atoms with E-state index >= 15 is 0 Å². The molecule has 0 radical (unpaired) electrons. The van der Waals surface area contributed by atoms with Gasteiger partial charge in [-0.2, -0.15) is 0 Å². The molecule has 22 heavy (non-hydrogen) atoms. The summed E-state index contributed by atoms with van der Waals surface area (Å²) in [7, 11) is 0. The number of pyridine rings is 1. The summed E-state index contributed by atoms with van der Waals surface area (Å²) in [5.41, 5.74) is 7.82. The molecule has 0 amide bonds. The molecule has 0 bridgehead atoms. The van der Waals surface area contributed by atoms with Crippen LogP contribution < -0.4 is 5.73 Å². The van der Waals surface area contributed by atoms with Gasteiger partial charge in [0.2, 0.25) is 0 Å². The van der Waals surface area contributed by atoms with Crippen LogP contribution in [0.5, 0.6) is 0 Å².